The van der Waals surface area contributed by atoms with Crippen molar-refractivity contribution >= 4 is 5.91 Å². The van der Waals surface area contributed by atoms with E-state index in [4.69, 9.17) is 8.85 Å². The Morgan fingerprint density at radius 3 is 3.00 bits per heavy atom. The lowest BCUT2D eigenvalue weighted by atomic mass is 9.93. The van der Waals surface area contributed by atoms with Gasteiger partial charge in [0.15, 0.2) is 0 Å². The van der Waals surface area contributed by atoms with Crippen LogP contribution >= 0.6 is 0 Å². The van der Waals surface area contributed by atoms with Gasteiger partial charge < -0.3 is 10.1 Å². The number of amides is 1. The van der Waals surface area contributed by atoms with Crippen molar-refractivity contribution in [1.29, 1.82) is 0 Å². The van der Waals surface area contributed by atoms with Crippen molar-refractivity contribution in [3.8, 4) is 5.82 Å². The zero-order chi connectivity index (χ0) is 19.7. The lowest BCUT2D eigenvalue weighted by molar-refractivity contribution is 0.0598. The van der Waals surface area contributed by atoms with Gasteiger partial charge in [0.25, 0.3) is 5.91 Å². The van der Waals surface area contributed by atoms with Gasteiger partial charge in [-0.05, 0) is 62.1 Å². The van der Waals surface area contributed by atoms with Crippen LogP contribution in [0.4, 0.5) is 0 Å². The molecule has 2 aromatic rings. The molecule has 1 fully saturated rings. The highest BCUT2D eigenvalue weighted by Crippen LogP contribution is 2.27. The molecule has 2 aliphatic rings. The maximum Gasteiger partial charge on any atom is 0.270 e. The molecular formula is C19H24N4O2. The van der Waals surface area contributed by atoms with Crippen LogP contribution in [0.15, 0.2) is 24.8 Å². The molecule has 0 saturated heterocycles. The number of aryl methyl sites for hydroxylation is 1. The number of carbonyl (C=O) groups excluding carboxylic acids is 1. The van der Waals surface area contributed by atoms with E-state index in [1.165, 1.54) is 5.56 Å². The van der Waals surface area contributed by atoms with Crippen LogP contribution in [-0.4, -0.2) is 39.6 Å². The molecular weight excluding hydrogens is 316 g/mol. The van der Waals surface area contributed by atoms with Crippen molar-refractivity contribution in [3.63, 3.8) is 0 Å². The van der Waals surface area contributed by atoms with Crippen LogP contribution in [0.25, 0.3) is 5.82 Å². The first-order valence-electron chi connectivity index (χ1n) is 10.4. The van der Waals surface area contributed by atoms with Crippen LogP contribution in [0, 0.1) is 0 Å². The number of rotatable bonds is 4. The standard InChI is InChI=1S/C19H24N4O2/c1-25-15-7-5-14(6-8-15)21-19(24)18-16-4-2-3-13(16)11-17(22-18)23-10-9-20-12-23/h9-12,14-15H,2-8H2,1H3,(H,21,24)/i1D3. The summed E-state index contributed by atoms with van der Waals surface area (Å²) in [6, 6.07) is 2.05. The number of ether oxygens (including phenoxy) is 1. The largest absolute Gasteiger partial charge is 0.381 e. The average Bonchev–Trinajstić information content (AvgIpc) is 3.32. The first-order chi connectivity index (χ1) is 13.4. The summed E-state index contributed by atoms with van der Waals surface area (Å²) in [6.45, 7) is 0. The number of nitrogens with zero attached hydrogens (tertiary/aromatic N) is 3. The summed E-state index contributed by atoms with van der Waals surface area (Å²) >= 11 is 0. The van der Waals surface area contributed by atoms with E-state index >= 15 is 0 Å². The summed E-state index contributed by atoms with van der Waals surface area (Å²) in [5.74, 6) is 0.554. The van der Waals surface area contributed by atoms with E-state index in [2.05, 4.69) is 15.3 Å². The molecule has 4 rings (SSSR count). The van der Waals surface area contributed by atoms with Crippen molar-refractivity contribution in [1.82, 2.24) is 19.9 Å². The SMILES string of the molecule is [2H]C([2H])([2H])OC1CCC(NC(=O)c2nc(-n3ccnc3)cc3c2CCC3)CC1. The predicted octanol–water partition coefficient (Wildman–Crippen LogP) is 2.44. The fourth-order valence-electron chi connectivity index (χ4n) is 3.86. The minimum atomic E-state index is -2.36. The van der Waals surface area contributed by atoms with E-state index in [0.717, 1.165) is 24.8 Å². The highest BCUT2D eigenvalue weighted by molar-refractivity contribution is 5.94. The summed E-state index contributed by atoms with van der Waals surface area (Å²) in [6.07, 6.45) is 10.4. The lowest BCUT2D eigenvalue weighted by Gasteiger charge is -2.28. The van der Waals surface area contributed by atoms with Gasteiger partial charge in [-0.25, -0.2) is 9.97 Å². The number of methoxy groups -OCH3 is 1. The van der Waals surface area contributed by atoms with Gasteiger partial charge in [0, 0.05) is 25.5 Å². The van der Waals surface area contributed by atoms with Gasteiger partial charge >= 0.3 is 0 Å². The average molecular weight is 343 g/mol. The molecule has 0 aromatic carbocycles. The van der Waals surface area contributed by atoms with E-state index in [0.29, 0.717) is 37.2 Å². The molecule has 6 heteroatoms. The Morgan fingerprint density at radius 2 is 2.24 bits per heavy atom. The summed E-state index contributed by atoms with van der Waals surface area (Å²) in [5.41, 5.74) is 2.72. The maximum absolute atomic E-state index is 13.0. The van der Waals surface area contributed by atoms with Crippen LogP contribution in [0.5, 0.6) is 0 Å². The molecule has 2 aliphatic carbocycles. The molecule has 1 saturated carbocycles. The van der Waals surface area contributed by atoms with Gasteiger partial charge in [0.2, 0.25) is 0 Å². The highest BCUT2D eigenvalue weighted by Gasteiger charge is 2.26. The number of carbonyl (C=O) groups is 1. The molecule has 0 spiro atoms. The number of aromatic nitrogens is 3. The zero-order valence-corrected chi connectivity index (χ0v) is 14.1. The molecule has 0 aliphatic heterocycles. The molecule has 0 unspecified atom stereocenters. The lowest BCUT2D eigenvalue weighted by Crippen LogP contribution is -2.39. The van der Waals surface area contributed by atoms with Crippen LogP contribution < -0.4 is 5.32 Å². The van der Waals surface area contributed by atoms with Gasteiger partial charge in [0.05, 0.1) is 10.2 Å². The predicted molar refractivity (Wildman–Crippen MR) is 93.9 cm³/mol. The first-order valence-corrected chi connectivity index (χ1v) is 8.89. The topological polar surface area (TPSA) is 69.0 Å². The van der Waals surface area contributed by atoms with E-state index in [-0.39, 0.29) is 18.1 Å². The van der Waals surface area contributed by atoms with Crippen LogP contribution in [0.1, 0.15) is 57.8 Å². The molecule has 1 amide bonds. The number of hydrogen-bond acceptors (Lipinski definition) is 4. The van der Waals surface area contributed by atoms with Crippen molar-refractivity contribution in [2.45, 2.75) is 57.1 Å². The summed E-state index contributed by atoms with van der Waals surface area (Å²) in [4.78, 5) is 21.7. The fourth-order valence-corrected chi connectivity index (χ4v) is 3.86. The first kappa shape index (κ1) is 13.1. The zero-order valence-electron chi connectivity index (χ0n) is 17.1. The van der Waals surface area contributed by atoms with Gasteiger partial charge in [-0.1, -0.05) is 0 Å². The van der Waals surface area contributed by atoms with Crippen LogP contribution in [0.2, 0.25) is 0 Å². The molecule has 2 heterocycles. The number of imidazole rings is 1. The number of fused-ring (bicyclic) bond motifs is 1. The monoisotopic (exact) mass is 343 g/mol. The van der Waals surface area contributed by atoms with E-state index in [9.17, 15) is 4.79 Å². The van der Waals surface area contributed by atoms with Gasteiger partial charge in [0.1, 0.15) is 17.8 Å². The molecule has 0 atom stereocenters. The number of nitrogens with one attached hydrogen (secondary N) is 1. The van der Waals surface area contributed by atoms with Crippen molar-refractivity contribution in [2.24, 2.45) is 0 Å². The van der Waals surface area contributed by atoms with Gasteiger partial charge in [-0.3, -0.25) is 9.36 Å². The van der Waals surface area contributed by atoms with Crippen molar-refractivity contribution < 1.29 is 13.6 Å². The third kappa shape index (κ3) is 3.31. The third-order valence-electron chi connectivity index (χ3n) is 5.24. The Balaban J connectivity index is 1.46. The molecule has 1 N–H and O–H groups in total. The maximum atomic E-state index is 13.0. The smallest absolute Gasteiger partial charge is 0.270 e. The molecule has 0 radical (unpaired) electrons. The third-order valence-corrected chi connectivity index (χ3v) is 5.24. The number of hydrogen-bond donors (Lipinski definition) is 1. The van der Waals surface area contributed by atoms with Crippen molar-refractivity contribution in [3.05, 3.63) is 41.6 Å². The highest BCUT2D eigenvalue weighted by atomic mass is 16.5. The van der Waals surface area contributed by atoms with E-state index in [1.807, 2.05) is 16.8 Å². The Morgan fingerprint density at radius 1 is 1.36 bits per heavy atom. The molecule has 0 bridgehead atoms. The Bertz CT molecular complexity index is 844. The molecule has 25 heavy (non-hydrogen) atoms. The molecule has 6 nitrogen and oxygen atoms in total. The molecule has 2 aromatic heterocycles. The minimum Gasteiger partial charge on any atom is -0.381 e. The second kappa shape index (κ2) is 6.96. The fraction of sp³-hybridized carbons (Fsp3) is 0.526. The quantitative estimate of drug-likeness (QED) is 0.926. The van der Waals surface area contributed by atoms with Gasteiger partial charge in [-0.15, -0.1) is 0 Å². The van der Waals surface area contributed by atoms with Crippen LogP contribution in [-0.2, 0) is 17.6 Å². The Kier molecular flexibility index (Phi) is 3.63. The summed E-state index contributed by atoms with van der Waals surface area (Å²) in [7, 11) is -2.36. The minimum absolute atomic E-state index is 0.0136. The van der Waals surface area contributed by atoms with Crippen molar-refractivity contribution in [2.75, 3.05) is 7.04 Å². The normalized spacial score (nSPS) is 24.9. The molecule has 132 valence electrons. The van der Waals surface area contributed by atoms with E-state index in [1.54, 1.807) is 12.5 Å². The van der Waals surface area contributed by atoms with Gasteiger partial charge in [-0.2, -0.15) is 0 Å². The second-order valence-corrected chi connectivity index (χ2v) is 6.86. The summed E-state index contributed by atoms with van der Waals surface area (Å²) < 4.78 is 28.6. The van der Waals surface area contributed by atoms with E-state index < -0.39 is 7.04 Å². The second-order valence-electron chi connectivity index (χ2n) is 6.86. The Hall–Kier alpha value is -2.21. The summed E-state index contributed by atoms with van der Waals surface area (Å²) in [5, 5.41) is 3.10. The van der Waals surface area contributed by atoms with Crippen LogP contribution in [0.3, 0.4) is 0 Å². The number of pyridine rings is 1. The Labute approximate surface area is 151 Å².